The molecule has 0 bridgehead atoms. The van der Waals surface area contributed by atoms with Crippen LogP contribution in [-0.4, -0.2) is 29.7 Å². The van der Waals surface area contributed by atoms with Gasteiger partial charge in [-0.3, -0.25) is 0 Å². The topological polar surface area (TPSA) is 74.6 Å². The van der Waals surface area contributed by atoms with Crippen molar-refractivity contribution >= 4 is 67.0 Å². The van der Waals surface area contributed by atoms with Crippen LogP contribution >= 0.6 is 55.1 Å². The molecule has 12 heavy (non-hydrogen) atoms. The molecule has 0 rings (SSSR count). The first-order valence-corrected chi connectivity index (χ1v) is 4.70. The first-order valence-electron chi connectivity index (χ1n) is 2.36. The quantitative estimate of drug-likeness (QED) is 0.766. The number of hydrogen-bond donors (Lipinski definition) is 2. The van der Waals surface area contributed by atoms with Gasteiger partial charge in [0.2, 0.25) is 7.57 Å². The van der Waals surface area contributed by atoms with E-state index in [1.807, 2.05) is 0 Å². The van der Waals surface area contributed by atoms with Crippen molar-refractivity contribution in [1.82, 2.24) is 0 Å². The fourth-order valence-corrected chi connectivity index (χ4v) is 0.769. The highest BCUT2D eigenvalue weighted by atomic mass is 79.9. The van der Waals surface area contributed by atoms with Crippen molar-refractivity contribution in [1.29, 1.82) is 0 Å². The maximum atomic E-state index is 10.4. The lowest BCUT2D eigenvalue weighted by molar-refractivity contribution is -0.144. The average Bonchev–Trinajstić information content (AvgIpc) is 1.86. The summed E-state index contributed by atoms with van der Waals surface area (Å²) < 4.78 is -4.60. The Morgan fingerprint density at radius 2 is 1.42 bits per heavy atom. The SMILES string of the molecule is O=C(O)C(Cl)(Cl)C(Br)(Br)C(=O)O. The Morgan fingerprint density at radius 1 is 1.08 bits per heavy atom. The third kappa shape index (κ3) is 2.04. The molecule has 0 aliphatic carbocycles. The molecule has 0 radical (unpaired) electrons. The Bertz CT molecular complexity index is 203. The molecule has 0 aliphatic rings. The van der Waals surface area contributed by atoms with E-state index in [1.54, 1.807) is 0 Å². The highest BCUT2D eigenvalue weighted by Crippen LogP contribution is 2.45. The summed E-state index contributed by atoms with van der Waals surface area (Å²) in [5.41, 5.74) is 0. The van der Waals surface area contributed by atoms with Gasteiger partial charge in [-0.1, -0.05) is 55.1 Å². The molecule has 8 heteroatoms. The first-order chi connectivity index (χ1) is 5.14. The molecule has 0 atom stereocenters. The summed E-state index contributed by atoms with van der Waals surface area (Å²) in [6, 6.07) is 0. The van der Waals surface area contributed by atoms with Gasteiger partial charge in [-0.15, -0.1) is 0 Å². The Hall–Kier alpha value is 0.480. The standard InChI is InChI=1S/C4H2Br2Cl2O4/c5-3(6,1(9)10)4(7,8)2(11)12/h(H,9,10)(H,11,12). The van der Waals surface area contributed by atoms with Gasteiger partial charge < -0.3 is 10.2 Å². The van der Waals surface area contributed by atoms with Crippen LogP contribution in [0.25, 0.3) is 0 Å². The van der Waals surface area contributed by atoms with Gasteiger partial charge >= 0.3 is 11.9 Å². The van der Waals surface area contributed by atoms with Crippen LogP contribution in [0.3, 0.4) is 0 Å². The molecule has 0 aromatic rings. The average molecular weight is 345 g/mol. The zero-order valence-electron chi connectivity index (χ0n) is 5.22. The smallest absolute Gasteiger partial charge is 0.343 e. The van der Waals surface area contributed by atoms with Crippen molar-refractivity contribution in [3.63, 3.8) is 0 Å². The minimum absolute atomic E-state index is 1.53. The highest BCUT2D eigenvalue weighted by Gasteiger charge is 2.58. The van der Waals surface area contributed by atoms with E-state index in [0.717, 1.165) is 0 Å². The van der Waals surface area contributed by atoms with Gasteiger partial charge in [0, 0.05) is 0 Å². The monoisotopic (exact) mass is 342 g/mol. The fraction of sp³-hybridized carbons (Fsp3) is 0.500. The molecule has 0 unspecified atom stereocenters. The zero-order chi connectivity index (χ0) is 10.2. The lowest BCUT2D eigenvalue weighted by atomic mass is 10.3. The predicted molar refractivity (Wildman–Crippen MR) is 50.3 cm³/mol. The minimum Gasteiger partial charge on any atom is -0.479 e. The summed E-state index contributed by atoms with van der Waals surface area (Å²) in [7, 11) is 0. The van der Waals surface area contributed by atoms with Crippen molar-refractivity contribution in [3.05, 3.63) is 0 Å². The summed E-state index contributed by atoms with van der Waals surface area (Å²) >= 11 is 15.6. The van der Waals surface area contributed by atoms with Crippen LogP contribution in [0.2, 0.25) is 0 Å². The molecule has 0 saturated carbocycles. The molecule has 0 amide bonds. The molecular formula is C4H2Br2Cl2O4. The normalized spacial score (nSPS) is 12.7. The van der Waals surface area contributed by atoms with Crippen LogP contribution in [0.1, 0.15) is 0 Å². The molecule has 70 valence electrons. The molecule has 4 nitrogen and oxygen atoms in total. The largest absolute Gasteiger partial charge is 0.479 e. The summed E-state index contributed by atoms with van der Waals surface area (Å²) in [5.74, 6) is -3.20. The molecule has 0 saturated heterocycles. The lowest BCUT2D eigenvalue weighted by Crippen LogP contribution is -2.48. The van der Waals surface area contributed by atoms with E-state index in [9.17, 15) is 9.59 Å². The van der Waals surface area contributed by atoms with Crippen molar-refractivity contribution in [2.24, 2.45) is 0 Å². The number of aliphatic carboxylic acids is 2. The number of alkyl halides is 4. The van der Waals surface area contributed by atoms with E-state index >= 15 is 0 Å². The van der Waals surface area contributed by atoms with Crippen molar-refractivity contribution in [3.8, 4) is 0 Å². The number of halogens is 4. The molecule has 0 aromatic carbocycles. The highest BCUT2D eigenvalue weighted by molar-refractivity contribution is 9.26. The van der Waals surface area contributed by atoms with Crippen molar-refractivity contribution < 1.29 is 19.8 Å². The van der Waals surface area contributed by atoms with Gasteiger partial charge in [0.15, 0.2) is 0 Å². The van der Waals surface area contributed by atoms with Crippen LogP contribution < -0.4 is 0 Å². The third-order valence-electron chi connectivity index (χ3n) is 0.932. The van der Waals surface area contributed by atoms with E-state index in [0.29, 0.717) is 0 Å². The molecule has 2 N–H and O–H groups in total. The maximum Gasteiger partial charge on any atom is 0.343 e. The molecular weight excluding hydrogens is 343 g/mol. The maximum absolute atomic E-state index is 10.4. The number of hydrogen-bond acceptors (Lipinski definition) is 2. The summed E-state index contributed by atoms with van der Waals surface area (Å²) in [6.07, 6.45) is 0. The third-order valence-corrected chi connectivity index (χ3v) is 4.60. The van der Waals surface area contributed by atoms with E-state index in [-0.39, 0.29) is 0 Å². The number of carboxylic acid groups (broad SMARTS) is 2. The van der Waals surface area contributed by atoms with Crippen LogP contribution in [-0.2, 0) is 9.59 Å². The summed E-state index contributed by atoms with van der Waals surface area (Å²) in [5, 5.41) is 16.9. The predicted octanol–water partition coefficient (Wildman–Crippen LogP) is 1.82. The molecule has 0 aliphatic heterocycles. The Kier molecular flexibility index (Phi) is 3.84. The second kappa shape index (κ2) is 3.69. The van der Waals surface area contributed by atoms with Crippen LogP contribution in [0, 0.1) is 0 Å². The second-order valence-electron chi connectivity index (χ2n) is 1.76. The molecule has 0 aromatic heterocycles. The van der Waals surface area contributed by atoms with Gasteiger partial charge in [0.1, 0.15) is 0 Å². The Labute approximate surface area is 94.1 Å². The van der Waals surface area contributed by atoms with Crippen molar-refractivity contribution in [2.45, 2.75) is 7.57 Å². The molecule has 0 heterocycles. The van der Waals surface area contributed by atoms with E-state index < -0.39 is 19.5 Å². The second-order valence-corrected chi connectivity index (χ2v) is 6.53. The summed E-state index contributed by atoms with van der Waals surface area (Å²) in [4.78, 5) is 20.8. The first kappa shape index (κ1) is 12.5. The van der Waals surface area contributed by atoms with Gasteiger partial charge in [-0.2, -0.15) is 0 Å². The van der Waals surface area contributed by atoms with E-state index in [2.05, 4.69) is 31.9 Å². The summed E-state index contributed by atoms with van der Waals surface area (Å²) in [6.45, 7) is 0. The van der Waals surface area contributed by atoms with Crippen LogP contribution in [0.4, 0.5) is 0 Å². The number of carbonyl (C=O) groups is 2. The van der Waals surface area contributed by atoms with Crippen molar-refractivity contribution in [2.75, 3.05) is 0 Å². The van der Waals surface area contributed by atoms with E-state index in [1.165, 1.54) is 0 Å². The fourth-order valence-electron chi connectivity index (χ4n) is 0.269. The van der Waals surface area contributed by atoms with Gasteiger partial charge in [0.25, 0.3) is 0 Å². The Balaban J connectivity index is 5.01. The molecule has 0 fully saturated rings. The molecule has 0 spiro atoms. The van der Waals surface area contributed by atoms with Crippen LogP contribution in [0.15, 0.2) is 0 Å². The van der Waals surface area contributed by atoms with Gasteiger partial charge in [0.05, 0.1) is 0 Å². The zero-order valence-corrected chi connectivity index (χ0v) is 9.91. The Morgan fingerprint density at radius 3 is 1.50 bits per heavy atom. The number of carboxylic acids is 2. The van der Waals surface area contributed by atoms with Crippen LogP contribution in [0.5, 0.6) is 0 Å². The van der Waals surface area contributed by atoms with E-state index in [4.69, 9.17) is 33.4 Å². The minimum atomic E-state index is -2.49. The number of rotatable bonds is 3. The van der Waals surface area contributed by atoms with Gasteiger partial charge in [-0.05, 0) is 0 Å². The van der Waals surface area contributed by atoms with Gasteiger partial charge in [-0.25, -0.2) is 9.59 Å². The lowest BCUT2D eigenvalue weighted by Gasteiger charge is -2.25.